The van der Waals surface area contributed by atoms with Crippen LogP contribution in [0.1, 0.15) is 30.4 Å². The van der Waals surface area contributed by atoms with Gasteiger partial charge in [0.05, 0.1) is 5.41 Å². The minimum absolute atomic E-state index is 0.146. The molecule has 0 unspecified atom stereocenters. The van der Waals surface area contributed by atoms with E-state index in [1.165, 1.54) is 6.07 Å². The van der Waals surface area contributed by atoms with Crippen LogP contribution in [0.2, 0.25) is 0 Å². The Morgan fingerprint density at radius 1 is 1.08 bits per heavy atom. The van der Waals surface area contributed by atoms with E-state index in [0.717, 1.165) is 5.56 Å². The van der Waals surface area contributed by atoms with E-state index in [9.17, 15) is 14.0 Å². The highest BCUT2D eigenvalue weighted by molar-refractivity contribution is 5.91. The lowest BCUT2D eigenvalue weighted by molar-refractivity contribution is -0.124. The second-order valence-corrected chi connectivity index (χ2v) is 6.20. The first kappa shape index (κ1) is 17.1. The summed E-state index contributed by atoms with van der Waals surface area (Å²) in [5.74, 6) is -0.711. The van der Waals surface area contributed by atoms with E-state index in [-0.39, 0.29) is 30.6 Å². The van der Waals surface area contributed by atoms with Crippen molar-refractivity contribution in [3.8, 4) is 0 Å². The van der Waals surface area contributed by atoms with Crippen molar-refractivity contribution in [1.29, 1.82) is 0 Å². The number of hydrogen-bond acceptors (Lipinski definition) is 3. The van der Waals surface area contributed by atoms with Gasteiger partial charge in [-0.05, 0) is 36.6 Å². The number of carbonyl (C=O) groups excluding carboxylic acids is 2. The van der Waals surface area contributed by atoms with Gasteiger partial charge >= 0.3 is 0 Å². The smallest absolute Gasteiger partial charge is 0.230 e. The lowest BCUT2D eigenvalue weighted by Crippen LogP contribution is -2.37. The number of pyridine rings is 1. The number of hydrogen-bond donors (Lipinski definition) is 2. The Kier molecular flexibility index (Phi) is 5.07. The zero-order chi connectivity index (χ0) is 17.7. The van der Waals surface area contributed by atoms with Gasteiger partial charge in [0.15, 0.2) is 0 Å². The Hall–Kier alpha value is -2.76. The van der Waals surface area contributed by atoms with E-state index < -0.39 is 5.41 Å². The Bertz CT molecular complexity index is 760. The summed E-state index contributed by atoms with van der Waals surface area (Å²) in [5, 5.41) is 5.55. The van der Waals surface area contributed by atoms with Gasteiger partial charge in [0.25, 0.3) is 0 Å². The van der Waals surface area contributed by atoms with Gasteiger partial charge in [-0.2, -0.15) is 0 Å². The standard InChI is InChI=1S/C19H20FN3O2/c20-16-4-2-1-3-15(16)19(8-9-19)18(25)22-12-7-17(24)23-13-14-5-10-21-11-6-14/h1-6,10-11H,7-9,12-13H2,(H,22,25)(H,23,24). The molecule has 0 radical (unpaired) electrons. The molecular formula is C19H20FN3O2. The summed E-state index contributed by atoms with van der Waals surface area (Å²) < 4.78 is 13.9. The first-order valence-corrected chi connectivity index (χ1v) is 8.31. The SMILES string of the molecule is O=C(CCNC(=O)C1(c2ccccc2F)CC1)NCc1ccncc1. The molecule has 1 saturated carbocycles. The molecule has 6 heteroatoms. The van der Waals surface area contributed by atoms with Crippen LogP contribution in [0.3, 0.4) is 0 Å². The molecule has 0 bridgehead atoms. The Morgan fingerprint density at radius 2 is 1.80 bits per heavy atom. The van der Waals surface area contributed by atoms with Crippen LogP contribution in [0, 0.1) is 5.82 Å². The maximum atomic E-state index is 13.9. The van der Waals surface area contributed by atoms with Crippen LogP contribution in [0.15, 0.2) is 48.8 Å². The number of aromatic nitrogens is 1. The van der Waals surface area contributed by atoms with Crippen LogP contribution in [0.25, 0.3) is 0 Å². The minimum Gasteiger partial charge on any atom is -0.355 e. The highest BCUT2D eigenvalue weighted by atomic mass is 19.1. The molecule has 2 aromatic rings. The molecule has 2 N–H and O–H groups in total. The maximum Gasteiger partial charge on any atom is 0.230 e. The van der Waals surface area contributed by atoms with E-state index in [0.29, 0.717) is 24.9 Å². The third-order valence-corrected chi connectivity index (χ3v) is 4.45. The molecule has 1 aromatic heterocycles. The zero-order valence-corrected chi connectivity index (χ0v) is 13.8. The molecule has 25 heavy (non-hydrogen) atoms. The van der Waals surface area contributed by atoms with E-state index >= 15 is 0 Å². The Morgan fingerprint density at radius 3 is 2.48 bits per heavy atom. The van der Waals surface area contributed by atoms with Crippen molar-refractivity contribution in [1.82, 2.24) is 15.6 Å². The van der Waals surface area contributed by atoms with Gasteiger partial charge in [0.2, 0.25) is 11.8 Å². The molecule has 130 valence electrons. The van der Waals surface area contributed by atoms with E-state index in [2.05, 4.69) is 15.6 Å². The number of carbonyl (C=O) groups is 2. The molecule has 0 spiro atoms. The Labute approximate surface area is 145 Å². The highest BCUT2D eigenvalue weighted by Crippen LogP contribution is 2.49. The average molecular weight is 341 g/mol. The van der Waals surface area contributed by atoms with Crippen LogP contribution in [0.5, 0.6) is 0 Å². The van der Waals surface area contributed by atoms with Crippen LogP contribution in [-0.4, -0.2) is 23.3 Å². The summed E-state index contributed by atoms with van der Waals surface area (Å²) in [6.45, 7) is 0.658. The number of halogens is 1. The van der Waals surface area contributed by atoms with Gasteiger partial charge in [0.1, 0.15) is 5.82 Å². The second kappa shape index (κ2) is 7.42. The molecule has 0 atom stereocenters. The summed E-state index contributed by atoms with van der Waals surface area (Å²) in [6, 6.07) is 10.0. The molecule has 1 aliphatic rings. The summed E-state index contributed by atoms with van der Waals surface area (Å²) in [5.41, 5.74) is 0.636. The largest absolute Gasteiger partial charge is 0.355 e. The molecule has 1 aliphatic carbocycles. The molecular weight excluding hydrogens is 321 g/mol. The fraction of sp³-hybridized carbons (Fsp3) is 0.316. The average Bonchev–Trinajstić information content (AvgIpc) is 3.43. The molecule has 1 aromatic carbocycles. The van der Waals surface area contributed by atoms with Crippen molar-refractivity contribution in [2.75, 3.05) is 6.54 Å². The van der Waals surface area contributed by atoms with Crippen LogP contribution >= 0.6 is 0 Å². The topological polar surface area (TPSA) is 71.1 Å². The fourth-order valence-corrected chi connectivity index (χ4v) is 2.84. The molecule has 5 nitrogen and oxygen atoms in total. The summed E-state index contributed by atoms with van der Waals surface area (Å²) in [6.07, 6.45) is 4.78. The number of rotatable bonds is 7. The van der Waals surface area contributed by atoms with E-state index in [1.807, 2.05) is 12.1 Å². The van der Waals surface area contributed by atoms with E-state index in [4.69, 9.17) is 0 Å². The van der Waals surface area contributed by atoms with Gasteiger partial charge in [-0.25, -0.2) is 4.39 Å². The molecule has 1 heterocycles. The van der Waals surface area contributed by atoms with Crippen molar-refractivity contribution in [2.24, 2.45) is 0 Å². The monoisotopic (exact) mass is 341 g/mol. The third kappa shape index (κ3) is 4.02. The molecule has 0 aliphatic heterocycles. The van der Waals surface area contributed by atoms with Crippen molar-refractivity contribution >= 4 is 11.8 Å². The predicted octanol–water partition coefficient (Wildman–Crippen LogP) is 2.07. The lowest BCUT2D eigenvalue weighted by atomic mass is 9.94. The van der Waals surface area contributed by atoms with Gasteiger partial charge in [0, 0.05) is 37.5 Å². The van der Waals surface area contributed by atoms with E-state index in [1.54, 1.807) is 30.6 Å². The van der Waals surface area contributed by atoms with Gasteiger partial charge in [-0.1, -0.05) is 18.2 Å². The predicted molar refractivity (Wildman–Crippen MR) is 91.0 cm³/mol. The molecule has 0 saturated heterocycles. The van der Waals surface area contributed by atoms with Crippen LogP contribution in [-0.2, 0) is 21.5 Å². The summed E-state index contributed by atoms with van der Waals surface area (Å²) >= 11 is 0. The zero-order valence-electron chi connectivity index (χ0n) is 13.8. The molecule has 1 fully saturated rings. The lowest BCUT2D eigenvalue weighted by Gasteiger charge is -2.16. The highest BCUT2D eigenvalue weighted by Gasteiger charge is 2.52. The van der Waals surface area contributed by atoms with Crippen molar-refractivity contribution in [3.63, 3.8) is 0 Å². The quantitative estimate of drug-likeness (QED) is 0.810. The first-order chi connectivity index (χ1) is 12.1. The number of amides is 2. The van der Waals surface area contributed by atoms with Crippen LogP contribution in [0.4, 0.5) is 4.39 Å². The van der Waals surface area contributed by atoms with Gasteiger partial charge in [-0.3, -0.25) is 14.6 Å². The van der Waals surface area contributed by atoms with Crippen molar-refractivity contribution in [3.05, 3.63) is 65.7 Å². The number of nitrogens with one attached hydrogen (secondary N) is 2. The minimum atomic E-state index is -0.765. The van der Waals surface area contributed by atoms with Gasteiger partial charge < -0.3 is 10.6 Å². The maximum absolute atomic E-state index is 13.9. The molecule has 2 amide bonds. The van der Waals surface area contributed by atoms with Crippen molar-refractivity contribution < 1.29 is 14.0 Å². The normalized spacial score (nSPS) is 14.6. The van der Waals surface area contributed by atoms with Crippen LogP contribution < -0.4 is 10.6 Å². The van der Waals surface area contributed by atoms with Gasteiger partial charge in [-0.15, -0.1) is 0 Å². The second-order valence-electron chi connectivity index (χ2n) is 6.20. The number of benzene rings is 1. The van der Waals surface area contributed by atoms with Crippen molar-refractivity contribution in [2.45, 2.75) is 31.2 Å². The third-order valence-electron chi connectivity index (χ3n) is 4.45. The Balaban J connectivity index is 1.45. The molecule has 3 rings (SSSR count). The summed E-state index contributed by atoms with van der Waals surface area (Å²) in [7, 11) is 0. The first-order valence-electron chi connectivity index (χ1n) is 8.31. The fourth-order valence-electron chi connectivity index (χ4n) is 2.84. The number of nitrogens with zero attached hydrogens (tertiary/aromatic N) is 1. The summed E-state index contributed by atoms with van der Waals surface area (Å²) in [4.78, 5) is 28.2.